The number of nitrogens with zero attached hydrogens (tertiary/aromatic N) is 2. The molecule has 0 bridgehead atoms. The van der Waals surface area contributed by atoms with E-state index in [1.165, 1.54) is 0 Å². The highest BCUT2D eigenvalue weighted by atomic mass is 16.1. The number of H-pyrrole nitrogens is 1. The Kier molecular flexibility index (Phi) is 3.18. The van der Waals surface area contributed by atoms with Crippen molar-refractivity contribution in [3.8, 4) is 0 Å². The third-order valence-corrected chi connectivity index (χ3v) is 2.32. The summed E-state index contributed by atoms with van der Waals surface area (Å²) in [5, 5.41) is 2.75. The van der Waals surface area contributed by atoms with Crippen molar-refractivity contribution in [3.63, 3.8) is 0 Å². The second-order valence-corrected chi connectivity index (χ2v) is 3.93. The van der Waals surface area contributed by atoms with Crippen molar-refractivity contribution in [2.24, 2.45) is 0 Å². The summed E-state index contributed by atoms with van der Waals surface area (Å²) in [6.45, 7) is 3.75. The van der Waals surface area contributed by atoms with Crippen molar-refractivity contribution in [2.75, 3.05) is 5.32 Å². The van der Waals surface area contributed by atoms with Gasteiger partial charge in [0.05, 0.1) is 24.5 Å². The molecule has 0 saturated heterocycles. The molecule has 5 heteroatoms. The van der Waals surface area contributed by atoms with Gasteiger partial charge in [-0.15, -0.1) is 0 Å². The molecule has 2 aromatic heterocycles. The minimum Gasteiger partial charge on any atom is -0.365 e. The summed E-state index contributed by atoms with van der Waals surface area (Å²) >= 11 is 0. The standard InChI is InChI=1S/C12H14N4O/c1-8-3-10(5-13-8)4-12(17)16-11-6-14-9(2)15-7-11/h3,5-7,13H,4H2,1-2H3,(H,16,17). The average molecular weight is 230 g/mol. The Balaban J connectivity index is 1.95. The maximum Gasteiger partial charge on any atom is 0.228 e. The molecular formula is C12H14N4O. The second kappa shape index (κ2) is 4.78. The summed E-state index contributed by atoms with van der Waals surface area (Å²) in [5.41, 5.74) is 2.63. The first-order valence-corrected chi connectivity index (χ1v) is 5.36. The van der Waals surface area contributed by atoms with Crippen molar-refractivity contribution in [1.29, 1.82) is 0 Å². The Bertz CT molecular complexity index is 516. The number of nitrogens with one attached hydrogen (secondary N) is 2. The topological polar surface area (TPSA) is 70.7 Å². The molecule has 0 spiro atoms. The summed E-state index contributed by atoms with van der Waals surface area (Å²) in [6.07, 6.45) is 5.38. The molecule has 2 aromatic rings. The van der Waals surface area contributed by atoms with Crippen molar-refractivity contribution >= 4 is 11.6 Å². The van der Waals surface area contributed by atoms with E-state index in [2.05, 4.69) is 20.3 Å². The molecule has 17 heavy (non-hydrogen) atoms. The van der Waals surface area contributed by atoms with Crippen LogP contribution in [-0.2, 0) is 11.2 Å². The highest BCUT2D eigenvalue weighted by Gasteiger charge is 2.05. The smallest absolute Gasteiger partial charge is 0.228 e. The lowest BCUT2D eigenvalue weighted by Crippen LogP contribution is -2.14. The van der Waals surface area contributed by atoms with Gasteiger partial charge in [-0.2, -0.15) is 0 Å². The first-order valence-electron chi connectivity index (χ1n) is 5.36. The van der Waals surface area contributed by atoms with Crippen LogP contribution in [0.1, 0.15) is 17.1 Å². The Labute approximate surface area is 99.3 Å². The quantitative estimate of drug-likeness (QED) is 0.841. The van der Waals surface area contributed by atoms with Gasteiger partial charge in [0.25, 0.3) is 0 Å². The van der Waals surface area contributed by atoms with Gasteiger partial charge in [-0.05, 0) is 25.5 Å². The number of rotatable bonds is 3. The lowest BCUT2D eigenvalue weighted by atomic mass is 10.2. The van der Waals surface area contributed by atoms with Crippen molar-refractivity contribution < 1.29 is 4.79 Å². The number of aromatic nitrogens is 3. The maximum atomic E-state index is 11.7. The predicted molar refractivity (Wildman–Crippen MR) is 64.6 cm³/mol. The third-order valence-electron chi connectivity index (χ3n) is 2.32. The SMILES string of the molecule is Cc1ncc(NC(=O)Cc2c[nH]c(C)c2)cn1. The maximum absolute atomic E-state index is 11.7. The number of carbonyl (C=O) groups is 1. The van der Waals surface area contributed by atoms with Crippen LogP contribution in [-0.4, -0.2) is 20.9 Å². The predicted octanol–water partition coefficient (Wildman–Crippen LogP) is 1.60. The van der Waals surface area contributed by atoms with E-state index >= 15 is 0 Å². The van der Waals surface area contributed by atoms with Gasteiger partial charge in [0.2, 0.25) is 5.91 Å². The Morgan fingerprint density at radius 3 is 2.65 bits per heavy atom. The van der Waals surface area contributed by atoms with Gasteiger partial charge in [0.1, 0.15) is 5.82 Å². The number of anilines is 1. The number of amides is 1. The van der Waals surface area contributed by atoms with E-state index in [0.717, 1.165) is 11.3 Å². The van der Waals surface area contributed by atoms with Gasteiger partial charge < -0.3 is 10.3 Å². The van der Waals surface area contributed by atoms with Crippen LogP contribution in [0.25, 0.3) is 0 Å². The van der Waals surface area contributed by atoms with Crippen molar-refractivity contribution in [3.05, 3.63) is 41.7 Å². The lowest BCUT2D eigenvalue weighted by Gasteiger charge is -2.03. The van der Waals surface area contributed by atoms with E-state index in [1.807, 2.05) is 19.2 Å². The van der Waals surface area contributed by atoms with Gasteiger partial charge in [0.15, 0.2) is 0 Å². The molecule has 0 saturated carbocycles. The molecule has 0 fully saturated rings. The summed E-state index contributed by atoms with van der Waals surface area (Å²) < 4.78 is 0. The summed E-state index contributed by atoms with van der Waals surface area (Å²) in [4.78, 5) is 22.8. The third kappa shape index (κ3) is 3.14. The highest BCUT2D eigenvalue weighted by Crippen LogP contribution is 2.06. The highest BCUT2D eigenvalue weighted by molar-refractivity contribution is 5.91. The van der Waals surface area contributed by atoms with Crippen LogP contribution in [0.15, 0.2) is 24.7 Å². The Morgan fingerprint density at radius 2 is 2.06 bits per heavy atom. The number of aryl methyl sites for hydroxylation is 2. The fourth-order valence-electron chi connectivity index (χ4n) is 1.52. The Hall–Kier alpha value is -2.17. The lowest BCUT2D eigenvalue weighted by molar-refractivity contribution is -0.115. The molecule has 0 atom stereocenters. The van der Waals surface area contributed by atoms with E-state index < -0.39 is 0 Å². The molecule has 2 rings (SSSR count). The molecule has 0 aliphatic heterocycles. The fourth-order valence-corrected chi connectivity index (χ4v) is 1.52. The first-order chi connectivity index (χ1) is 8.13. The van der Waals surface area contributed by atoms with Crippen molar-refractivity contribution in [2.45, 2.75) is 20.3 Å². The van der Waals surface area contributed by atoms with Gasteiger partial charge in [-0.3, -0.25) is 4.79 Å². The van der Waals surface area contributed by atoms with Gasteiger partial charge in [-0.25, -0.2) is 9.97 Å². The summed E-state index contributed by atoms with van der Waals surface area (Å²) in [5.74, 6) is 0.612. The largest absolute Gasteiger partial charge is 0.365 e. The molecule has 88 valence electrons. The van der Waals surface area contributed by atoms with Crippen LogP contribution < -0.4 is 5.32 Å². The molecule has 0 aliphatic carbocycles. The number of hydrogen-bond acceptors (Lipinski definition) is 3. The van der Waals surface area contributed by atoms with Gasteiger partial charge in [-0.1, -0.05) is 0 Å². The number of hydrogen-bond donors (Lipinski definition) is 2. The van der Waals surface area contributed by atoms with E-state index in [0.29, 0.717) is 17.9 Å². The van der Waals surface area contributed by atoms with Crippen LogP contribution >= 0.6 is 0 Å². The van der Waals surface area contributed by atoms with E-state index in [9.17, 15) is 4.79 Å². The molecule has 5 nitrogen and oxygen atoms in total. The fraction of sp³-hybridized carbons (Fsp3) is 0.250. The number of carbonyl (C=O) groups excluding carboxylic acids is 1. The minimum absolute atomic E-state index is 0.0727. The minimum atomic E-state index is -0.0727. The van der Waals surface area contributed by atoms with Crippen LogP contribution in [0, 0.1) is 13.8 Å². The molecule has 0 radical (unpaired) electrons. The molecule has 2 N–H and O–H groups in total. The monoisotopic (exact) mass is 230 g/mol. The zero-order valence-electron chi connectivity index (χ0n) is 9.82. The Morgan fingerprint density at radius 1 is 1.35 bits per heavy atom. The van der Waals surface area contributed by atoms with Crippen LogP contribution in [0.2, 0.25) is 0 Å². The molecule has 1 amide bonds. The van der Waals surface area contributed by atoms with Crippen molar-refractivity contribution in [1.82, 2.24) is 15.0 Å². The van der Waals surface area contributed by atoms with Gasteiger partial charge in [0, 0.05) is 11.9 Å². The van der Waals surface area contributed by atoms with Crippen LogP contribution in [0.3, 0.4) is 0 Å². The molecule has 2 heterocycles. The van der Waals surface area contributed by atoms with Crippen LogP contribution in [0.4, 0.5) is 5.69 Å². The molecule has 0 unspecified atom stereocenters. The average Bonchev–Trinajstić information content (AvgIpc) is 2.67. The van der Waals surface area contributed by atoms with Gasteiger partial charge >= 0.3 is 0 Å². The molecule has 0 aliphatic rings. The van der Waals surface area contributed by atoms with Crippen LogP contribution in [0.5, 0.6) is 0 Å². The normalized spacial score (nSPS) is 10.2. The zero-order valence-corrected chi connectivity index (χ0v) is 9.82. The first kappa shape index (κ1) is 11.3. The molecule has 0 aromatic carbocycles. The second-order valence-electron chi connectivity index (χ2n) is 3.93. The van der Waals surface area contributed by atoms with E-state index in [-0.39, 0.29) is 5.91 Å². The summed E-state index contributed by atoms with van der Waals surface area (Å²) in [6, 6.07) is 1.95. The van der Waals surface area contributed by atoms with E-state index in [4.69, 9.17) is 0 Å². The summed E-state index contributed by atoms with van der Waals surface area (Å²) in [7, 11) is 0. The molecular weight excluding hydrogens is 216 g/mol. The number of aromatic amines is 1. The van der Waals surface area contributed by atoms with E-state index in [1.54, 1.807) is 19.3 Å². The zero-order chi connectivity index (χ0) is 12.3.